The highest BCUT2D eigenvalue weighted by Gasteiger charge is 2.28. The van der Waals surface area contributed by atoms with Gasteiger partial charge in [0.15, 0.2) is 0 Å². The Balaban J connectivity index is 1.60. The molecular formula is C20H18BrNO2. The van der Waals surface area contributed by atoms with E-state index in [4.69, 9.17) is 4.74 Å². The maximum Gasteiger partial charge on any atom is 0.411 e. The average molecular weight is 384 g/mol. The van der Waals surface area contributed by atoms with Gasteiger partial charge in [-0.25, -0.2) is 4.79 Å². The predicted molar refractivity (Wildman–Crippen MR) is 97.4 cm³/mol. The lowest BCUT2D eigenvalue weighted by Crippen LogP contribution is -2.35. The summed E-state index contributed by atoms with van der Waals surface area (Å²) in [6.07, 6.45) is 1.57. The topological polar surface area (TPSA) is 29.5 Å². The second-order valence-corrected chi connectivity index (χ2v) is 6.58. The van der Waals surface area contributed by atoms with E-state index in [2.05, 4.69) is 27.8 Å². The quantitative estimate of drug-likeness (QED) is 0.709. The molecule has 1 aliphatic heterocycles. The Kier molecular flexibility index (Phi) is 5.55. The summed E-state index contributed by atoms with van der Waals surface area (Å²) in [5.74, 6) is 6.36. The molecule has 0 aromatic heterocycles. The zero-order valence-electron chi connectivity index (χ0n) is 13.2. The molecule has 2 aromatic carbocycles. The van der Waals surface area contributed by atoms with Crippen molar-refractivity contribution in [3.05, 3.63) is 70.2 Å². The van der Waals surface area contributed by atoms with Crippen molar-refractivity contribution in [2.45, 2.75) is 25.5 Å². The largest absolute Gasteiger partial charge is 0.445 e. The van der Waals surface area contributed by atoms with Crippen LogP contribution in [-0.4, -0.2) is 23.6 Å². The van der Waals surface area contributed by atoms with E-state index in [9.17, 15) is 4.79 Å². The van der Waals surface area contributed by atoms with Gasteiger partial charge in [-0.3, -0.25) is 4.90 Å². The molecule has 0 radical (unpaired) electrons. The molecule has 2 aromatic rings. The van der Waals surface area contributed by atoms with Gasteiger partial charge in [0.2, 0.25) is 0 Å². The summed E-state index contributed by atoms with van der Waals surface area (Å²) < 4.78 is 6.45. The summed E-state index contributed by atoms with van der Waals surface area (Å²) in [5, 5.41) is 0. The molecule has 0 spiro atoms. The van der Waals surface area contributed by atoms with Crippen LogP contribution in [0.1, 0.15) is 24.0 Å². The second kappa shape index (κ2) is 8.03. The van der Waals surface area contributed by atoms with Crippen molar-refractivity contribution < 1.29 is 9.53 Å². The molecule has 0 bridgehead atoms. The van der Waals surface area contributed by atoms with Crippen LogP contribution in [0.3, 0.4) is 0 Å². The minimum atomic E-state index is -0.286. The maximum absolute atomic E-state index is 12.3. The molecule has 0 aliphatic carbocycles. The molecule has 3 nitrogen and oxygen atoms in total. The normalized spacial score (nSPS) is 16.4. The minimum Gasteiger partial charge on any atom is -0.445 e. The first-order valence-electron chi connectivity index (χ1n) is 7.97. The van der Waals surface area contributed by atoms with E-state index < -0.39 is 0 Å². The van der Waals surface area contributed by atoms with Crippen LogP contribution in [0, 0.1) is 11.8 Å². The van der Waals surface area contributed by atoms with E-state index in [1.165, 1.54) is 0 Å². The van der Waals surface area contributed by atoms with Gasteiger partial charge >= 0.3 is 6.09 Å². The third kappa shape index (κ3) is 4.39. The molecule has 1 atom stereocenters. The molecular weight excluding hydrogens is 366 g/mol. The molecule has 1 heterocycles. The first kappa shape index (κ1) is 16.6. The standard InChI is InChI=1S/C20H18BrNO2/c21-18-11-8-16(9-12-18)10-13-19-7-4-14-22(19)20(23)24-15-17-5-2-1-3-6-17/h1-3,5-6,8-9,11-12,19H,4,7,14-15H2. The van der Waals surface area contributed by atoms with E-state index in [0.29, 0.717) is 13.2 Å². The highest BCUT2D eigenvalue weighted by molar-refractivity contribution is 9.10. The number of hydrogen-bond donors (Lipinski definition) is 0. The smallest absolute Gasteiger partial charge is 0.411 e. The van der Waals surface area contributed by atoms with Gasteiger partial charge in [0.1, 0.15) is 6.61 Å². The van der Waals surface area contributed by atoms with Crippen molar-refractivity contribution in [1.82, 2.24) is 4.90 Å². The predicted octanol–water partition coefficient (Wildman–Crippen LogP) is 4.60. The lowest BCUT2D eigenvalue weighted by molar-refractivity contribution is 0.0984. The molecule has 0 N–H and O–H groups in total. The Morgan fingerprint density at radius 2 is 1.92 bits per heavy atom. The third-order valence-corrected chi connectivity index (χ3v) is 4.45. The Morgan fingerprint density at radius 1 is 1.17 bits per heavy atom. The first-order chi connectivity index (χ1) is 11.7. The van der Waals surface area contributed by atoms with E-state index in [1.54, 1.807) is 4.90 Å². The molecule has 1 fully saturated rings. The molecule has 1 amide bonds. The third-order valence-electron chi connectivity index (χ3n) is 3.92. The average Bonchev–Trinajstić information content (AvgIpc) is 3.09. The molecule has 1 saturated heterocycles. The number of benzene rings is 2. The SMILES string of the molecule is O=C(OCc1ccccc1)N1CCCC1C#Cc1ccc(Br)cc1. The molecule has 1 aliphatic rings. The van der Waals surface area contributed by atoms with E-state index in [0.717, 1.165) is 28.4 Å². The summed E-state index contributed by atoms with van der Waals surface area (Å²) in [6, 6.07) is 17.5. The fourth-order valence-corrected chi connectivity index (χ4v) is 2.90. The summed E-state index contributed by atoms with van der Waals surface area (Å²) in [4.78, 5) is 14.0. The van der Waals surface area contributed by atoms with Crippen LogP contribution in [0.15, 0.2) is 59.1 Å². The molecule has 24 heavy (non-hydrogen) atoms. The van der Waals surface area contributed by atoms with Crippen molar-refractivity contribution in [2.75, 3.05) is 6.54 Å². The number of ether oxygens (including phenoxy) is 1. The second-order valence-electron chi connectivity index (χ2n) is 5.67. The van der Waals surface area contributed by atoms with Crippen molar-refractivity contribution in [1.29, 1.82) is 0 Å². The van der Waals surface area contributed by atoms with Crippen molar-refractivity contribution in [3.8, 4) is 11.8 Å². The van der Waals surface area contributed by atoms with E-state index >= 15 is 0 Å². The zero-order valence-corrected chi connectivity index (χ0v) is 14.8. The van der Waals surface area contributed by atoms with Gasteiger partial charge in [-0.1, -0.05) is 58.1 Å². The molecule has 0 saturated carbocycles. The van der Waals surface area contributed by atoms with Gasteiger partial charge in [-0.05, 0) is 42.7 Å². The Bertz CT molecular complexity index is 747. The summed E-state index contributed by atoms with van der Waals surface area (Å²) in [6.45, 7) is 0.996. The monoisotopic (exact) mass is 383 g/mol. The Morgan fingerprint density at radius 3 is 2.67 bits per heavy atom. The maximum atomic E-state index is 12.3. The lowest BCUT2D eigenvalue weighted by Gasteiger charge is -2.20. The van der Waals surface area contributed by atoms with Crippen LogP contribution in [-0.2, 0) is 11.3 Å². The molecule has 3 rings (SSSR count). The fraction of sp³-hybridized carbons (Fsp3) is 0.250. The van der Waals surface area contributed by atoms with Crippen molar-refractivity contribution >= 4 is 22.0 Å². The van der Waals surface area contributed by atoms with Crippen LogP contribution >= 0.6 is 15.9 Å². The molecule has 4 heteroatoms. The Labute approximate surface area is 150 Å². The molecule has 122 valence electrons. The number of carbonyl (C=O) groups is 1. The minimum absolute atomic E-state index is 0.0723. The van der Waals surface area contributed by atoms with E-state index in [-0.39, 0.29) is 12.1 Å². The van der Waals surface area contributed by atoms with Crippen molar-refractivity contribution in [2.24, 2.45) is 0 Å². The molecule has 1 unspecified atom stereocenters. The van der Waals surface area contributed by atoms with Crippen LogP contribution in [0.5, 0.6) is 0 Å². The summed E-state index contributed by atoms with van der Waals surface area (Å²) in [7, 11) is 0. The highest BCUT2D eigenvalue weighted by Crippen LogP contribution is 2.18. The number of hydrogen-bond acceptors (Lipinski definition) is 2. The van der Waals surface area contributed by atoms with Gasteiger partial charge in [-0.15, -0.1) is 0 Å². The van der Waals surface area contributed by atoms with Crippen LogP contribution < -0.4 is 0 Å². The number of nitrogens with zero attached hydrogens (tertiary/aromatic N) is 1. The number of rotatable bonds is 2. The number of amides is 1. The van der Waals surface area contributed by atoms with Crippen molar-refractivity contribution in [3.63, 3.8) is 0 Å². The number of halogens is 1. The lowest BCUT2D eigenvalue weighted by atomic mass is 10.2. The van der Waals surface area contributed by atoms with Crippen LogP contribution in [0.25, 0.3) is 0 Å². The van der Waals surface area contributed by atoms with Gasteiger partial charge < -0.3 is 4.74 Å². The fourth-order valence-electron chi connectivity index (χ4n) is 2.64. The first-order valence-corrected chi connectivity index (χ1v) is 8.76. The van der Waals surface area contributed by atoms with Gasteiger partial charge in [0, 0.05) is 16.6 Å². The zero-order chi connectivity index (χ0) is 16.8. The highest BCUT2D eigenvalue weighted by atomic mass is 79.9. The van der Waals surface area contributed by atoms with Crippen LogP contribution in [0.2, 0.25) is 0 Å². The van der Waals surface area contributed by atoms with E-state index in [1.807, 2.05) is 54.6 Å². The van der Waals surface area contributed by atoms with Crippen LogP contribution in [0.4, 0.5) is 4.79 Å². The Hall–Kier alpha value is -2.25. The van der Waals surface area contributed by atoms with Gasteiger partial charge in [0.05, 0.1) is 6.04 Å². The number of carbonyl (C=O) groups excluding carboxylic acids is 1. The van der Waals surface area contributed by atoms with Gasteiger partial charge in [-0.2, -0.15) is 0 Å². The summed E-state index contributed by atoms with van der Waals surface area (Å²) >= 11 is 3.41. The summed E-state index contributed by atoms with van der Waals surface area (Å²) in [5.41, 5.74) is 1.94. The number of likely N-dealkylation sites (tertiary alicyclic amines) is 1. The van der Waals surface area contributed by atoms with Gasteiger partial charge in [0.25, 0.3) is 0 Å².